The Kier molecular flexibility index (Phi) is 3.14. The number of rotatable bonds is 3. The molecule has 6 nitrogen and oxygen atoms in total. The van der Waals surface area contributed by atoms with E-state index in [0.29, 0.717) is 0 Å². The van der Waals surface area contributed by atoms with Gasteiger partial charge in [0.15, 0.2) is 6.10 Å². The molecular formula is C11H10FNO5. The molecule has 0 N–H and O–H groups in total. The van der Waals surface area contributed by atoms with Crippen molar-refractivity contribution >= 4 is 11.7 Å². The predicted octanol–water partition coefficient (Wildman–Crippen LogP) is 1.82. The van der Waals surface area contributed by atoms with Gasteiger partial charge in [0, 0.05) is 18.6 Å². The zero-order chi connectivity index (χ0) is 13.3. The quantitative estimate of drug-likeness (QED) is 0.467. The van der Waals surface area contributed by atoms with E-state index in [1.54, 1.807) is 6.92 Å². The molecule has 1 aromatic carbocycles. The summed E-state index contributed by atoms with van der Waals surface area (Å²) >= 11 is 0. The molecule has 0 radical (unpaired) electrons. The van der Waals surface area contributed by atoms with Crippen LogP contribution < -0.4 is 4.74 Å². The Morgan fingerprint density at radius 3 is 2.83 bits per heavy atom. The molecule has 1 aliphatic heterocycles. The van der Waals surface area contributed by atoms with Crippen LogP contribution in [0.4, 0.5) is 10.1 Å². The highest BCUT2D eigenvalue weighted by atomic mass is 19.1. The second kappa shape index (κ2) is 4.59. The number of hydrogen-bond acceptors (Lipinski definition) is 5. The Bertz CT molecular complexity index is 504. The zero-order valence-electron chi connectivity index (χ0n) is 9.46. The van der Waals surface area contributed by atoms with Gasteiger partial charge in [-0.1, -0.05) is 0 Å². The van der Waals surface area contributed by atoms with E-state index in [1.807, 2.05) is 0 Å². The minimum Gasteiger partial charge on any atom is -0.471 e. The third kappa shape index (κ3) is 2.39. The number of nitro benzene ring substituents is 1. The number of halogens is 1. The van der Waals surface area contributed by atoms with Crippen molar-refractivity contribution in [1.82, 2.24) is 0 Å². The Hall–Kier alpha value is -2.18. The number of carbonyl (C=O) groups excluding carboxylic acids is 1. The number of esters is 1. The van der Waals surface area contributed by atoms with E-state index in [1.165, 1.54) is 0 Å². The predicted molar refractivity (Wildman–Crippen MR) is 57.6 cm³/mol. The molecule has 1 aromatic rings. The molecule has 1 heterocycles. The van der Waals surface area contributed by atoms with Crippen LogP contribution in [-0.4, -0.2) is 23.1 Å². The van der Waals surface area contributed by atoms with Crippen LogP contribution in [0, 0.1) is 15.9 Å². The molecule has 0 unspecified atom stereocenters. The second-order valence-corrected chi connectivity index (χ2v) is 3.96. The van der Waals surface area contributed by atoms with E-state index >= 15 is 0 Å². The van der Waals surface area contributed by atoms with Gasteiger partial charge in [-0.25, -0.2) is 9.18 Å². The smallest absolute Gasteiger partial charge is 0.347 e. The normalized spacial score (nSPS) is 22.7. The summed E-state index contributed by atoms with van der Waals surface area (Å²) in [7, 11) is 0. The van der Waals surface area contributed by atoms with Crippen molar-refractivity contribution in [3.05, 3.63) is 34.1 Å². The maximum absolute atomic E-state index is 13.0. The SMILES string of the molecule is C[C@@H]1C[C@H](Oc2cc(F)ccc2[N+](=O)[O-])C(=O)O1. The van der Waals surface area contributed by atoms with Crippen molar-refractivity contribution in [3.63, 3.8) is 0 Å². The molecule has 0 aromatic heterocycles. The Balaban J connectivity index is 2.25. The highest BCUT2D eigenvalue weighted by Gasteiger charge is 2.35. The second-order valence-electron chi connectivity index (χ2n) is 3.96. The lowest BCUT2D eigenvalue weighted by molar-refractivity contribution is -0.386. The number of hydrogen-bond donors (Lipinski definition) is 0. The van der Waals surface area contributed by atoms with Gasteiger partial charge in [0.1, 0.15) is 11.9 Å². The van der Waals surface area contributed by atoms with E-state index in [2.05, 4.69) is 0 Å². The average Bonchev–Trinajstić information content (AvgIpc) is 2.57. The van der Waals surface area contributed by atoms with Crippen LogP contribution in [-0.2, 0) is 9.53 Å². The van der Waals surface area contributed by atoms with Gasteiger partial charge >= 0.3 is 11.7 Å². The molecule has 0 spiro atoms. The van der Waals surface area contributed by atoms with Gasteiger partial charge in [-0.15, -0.1) is 0 Å². The molecule has 1 fully saturated rings. The molecule has 1 saturated heterocycles. The van der Waals surface area contributed by atoms with Crippen LogP contribution >= 0.6 is 0 Å². The summed E-state index contributed by atoms with van der Waals surface area (Å²) in [6.45, 7) is 1.68. The van der Waals surface area contributed by atoms with E-state index in [9.17, 15) is 19.3 Å². The highest BCUT2D eigenvalue weighted by Crippen LogP contribution is 2.30. The first-order chi connectivity index (χ1) is 8.47. The summed E-state index contributed by atoms with van der Waals surface area (Å²) in [5, 5.41) is 10.7. The fourth-order valence-electron chi connectivity index (χ4n) is 1.70. The lowest BCUT2D eigenvalue weighted by Crippen LogP contribution is -2.22. The van der Waals surface area contributed by atoms with Gasteiger partial charge in [0.05, 0.1) is 4.92 Å². The average molecular weight is 255 g/mol. The standard InChI is InChI=1S/C11H10FNO5/c1-6-4-10(11(14)17-6)18-9-5-7(12)2-3-8(9)13(15)16/h2-3,5-6,10H,4H2,1H3/t6-,10+/m1/s1. The van der Waals surface area contributed by atoms with Crippen molar-refractivity contribution in [2.45, 2.75) is 25.6 Å². The Labute approximate surface area is 101 Å². The van der Waals surface area contributed by atoms with Gasteiger partial charge in [0.2, 0.25) is 5.75 Å². The van der Waals surface area contributed by atoms with Crippen LogP contribution in [0.15, 0.2) is 18.2 Å². The molecular weight excluding hydrogens is 245 g/mol. The third-order valence-electron chi connectivity index (χ3n) is 2.51. The van der Waals surface area contributed by atoms with Gasteiger partial charge in [-0.2, -0.15) is 0 Å². The van der Waals surface area contributed by atoms with E-state index in [0.717, 1.165) is 18.2 Å². The molecule has 7 heteroatoms. The fraction of sp³-hybridized carbons (Fsp3) is 0.364. The van der Waals surface area contributed by atoms with Crippen molar-refractivity contribution < 1.29 is 23.6 Å². The largest absolute Gasteiger partial charge is 0.471 e. The molecule has 96 valence electrons. The molecule has 18 heavy (non-hydrogen) atoms. The summed E-state index contributed by atoms with van der Waals surface area (Å²) in [4.78, 5) is 21.4. The molecule has 0 bridgehead atoms. The van der Waals surface area contributed by atoms with E-state index in [4.69, 9.17) is 9.47 Å². The first kappa shape index (κ1) is 12.3. The first-order valence-corrected chi connectivity index (χ1v) is 5.28. The van der Waals surface area contributed by atoms with Crippen molar-refractivity contribution in [2.24, 2.45) is 0 Å². The number of nitrogens with zero attached hydrogens (tertiary/aromatic N) is 1. The molecule has 2 atom stereocenters. The number of ether oxygens (including phenoxy) is 2. The van der Waals surface area contributed by atoms with Crippen LogP contribution in [0.25, 0.3) is 0 Å². The fourth-order valence-corrected chi connectivity index (χ4v) is 1.70. The molecule has 1 aliphatic rings. The van der Waals surface area contributed by atoms with Gasteiger partial charge in [-0.05, 0) is 13.0 Å². The van der Waals surface area contributed by atoms with Gasteiger partial charge < -0.3 is 9.47 Å². The molecule has 2 rings (SSSR count). The van der Waals surface area contributed by atoms with Gasteiger partial charge in [-0.3, -0.25) is 10.1 Å². The summed E-state index contributed by atoms with van der Waals surface area (Å²) in [5.74, 6) is -1.54. The first-order valence-electron chi connectivity index (χ1n) is 5.28. The highest BCUT2D eigenvalue weighted by molar-refractivity contribution is 5.77. The molecule has 0 saturated carbocycles. The lowest BCUT2D eigenvalue weighted by Gasteiger charge is -2.09. The van der Waals surface area contributed by atoms with E-state index in [-0.39, 0.29) is 24.0 Å². The molecule has 0 aliphatic carbocycles. The van der Waals surface area contributed by atoms with Crippen LogP contribution in [0.2, 0.25) is 0 Å². The maximum Gasteiger partial charge on any atom is 0.347 e. The van der Waals surface area contributed by atoms with Crippen LogP contribution in [0.1, 0.15) is 13.3 Å². The van der Waals surface area contributed by atoms with Crippen molar-refractivity contribution in [1.29, 1.82) is 0 Å². The zero-order valence-corrected chi connectivity index (χ0v) is 9.46. The van der Waals surface area contributed by atoms with Crippen LogP contribution in [0.5, 0.6) is 5.75 Å². The third-order valence-corrected chi connectivity index (χ3v) is 2.51. The van der Waals surface area contributed by atoms with Crippen molar-refractivity contribution in [2.75, 3.05) is 0 Å². The summed E-state index contributed by atoms with van der Waals surface area (Å²) in [6, 6.07) is 2.84. The van der Waals surface area contributed by atoms with Gasteiger partial charge in [0.25, 0.3) is 0 Å². The lowest BCUT2D eigenvalue weighted by atomic mass is 10.2. The minimum atomic E-state index is -0.930. The maximum atomic E-state index is 13.0. The Morgan fingerprint density at radius 2 is 2.28 bits per heavy atom. The topological polar surface area (TPSA) is 78.7 Å². The van der Waals surface area contributed by atoms with Crippen LogP contribution in [0.3, 0.4) is 0 Å². The summed E-state index contributed by atoms with van der Waals surface area (Å²) in [6.07, 6.45) is -0.956. The number of carbonyl (C=O) groups is 1. The monoisotopic (exact) mass is 255 g/mol. The Morgan fingerprint density at radius 1 is 1.56 bits per heavy atom. The number of benzene rings is 1. The minimum absolute atomic E-state index is 0.268. The molecule has 0 amide bonds. The number of cyclic esters (lactones) is 1. The van der Waals surface area contributed by atoms with E-state index < -0.39 is 22.8 Å². The number of nitro groups is 1. The summed E-state index contributed by atoms with van der Waals surface area (Å²) < 4.78 is 23.1. The summed E-state index contributed by atoms with van der Waals surface area (Å²) in [5.41, 5.74) is -0.385. The van der Waals surface area contributed by atoms with Crippen molar-refractivity contribution in [3.8, 4) is 5.75 Å².